The zero-order chi connectivity index (χ0) is 29.4. The van der Waals surface area contributed by atoms with E-state index in [0.29, 0.717) is 24.8 Å². The number of aryl methyl sites for hydroxylation is 1. The van der Waals surface area contributed by atoms with Gasteiger partial charge in [-0.05, 0) is 97.7 Å². The number of benzene rings is 2. The first kappa shape index (κ1) is 29.5. The van der Waals surface area contributed by atoms with Crippen molar-refractivity contribution in [3.05, 3.63) is 70.3 Å². The number of amides is 1. The number of sulfonamides is 1. The molecule has 1 amide bonds. The molecule has 0 spiro atoms. The van der Waals surface area contributed by atoms with E-state index < -0.39 is 27.3 Å². The molecule has 0 radical (unpaired) electrons. The number of ether oxygens (including phenoxy) is 2. The van der Waals surface area contributed by atoms with Gasteiger partial charge in [-0.3, -0.25) is 4.79 Å². The highest BCUT2D eigenvalue weighted by molar-refractivity contribution is 7.90. The van der Waals surface area contributed by atoms with Crippen LogP contribution in [0.4, 0.5) is 5.69 Å². The number of fused-ring (bicyclic) bond motifs is 5. The molecule has 6 atom stereocenters. The quantitative estimate of drug-likeness (QED) is 0.473. The van der Waals surface area contributed by atoms with E-state index in [4.69, 9.17) is 21.1 Å². The molecule has 0 saturated heterocycles. The molecule has 8 nitrogen and oxygen atoms in total. The molecule has 1 fully saturated rings. The third-order valence-corrected chi connectivity index (χ3v) is 11.6. The molecule has 2 heterocycles. The fourth-order valence-corrected chi connectivity index (χ4v) is 8.62. The van der Waals surface area contributed by atoms with Crippen LogP contribution in [0.15, 0.2) is 48.6 Å². The van der Waals surface area contributed by atoms with Gasteiger partial charge in [0.1, 0.15) is 11.0 Å². The van der Waals surface area contributed by atoms with Crippen molar-refractivity contribution >= 4 is 33.2 Å². The van der Waals surface area contributed by atoms with Crippen molar-refractivity contribution in [2.45, 2.75) is 55.8 Å². The van der Waals surface area contributed by atoms with Crippen LogP contribution in [0.3, 0.4) is 0 Å². The average molecular weight is 615 g/mol. The summed E-state index contributed by atoms with van der Waals surface area (Å²) in [7, 11) is -2.62. The van der Waals surface area contributed by atoms with Crippen molar-refractivity contribution in [1.82, 2.24) is 4.72 Å². The lowest BCUT2D eigenvalue weighted by Crippen LogP contribution is -2.44. The van der Waals surface area contributed by atoms with E-state index in [1.807, 2.05) is 6.07 Å². The lowest BCUT2D eigenvalue weighted by atomic mass is 9.69. The standard InChI is InChI=1S/C32H39ClN2O6S/c1-40-19-25-3-2-4-30(36)27-10-7-23(27)17-35-18-28-20(5-6-21-15-24(33)9-11-26(21)28)13-14-41-31-12-8-22(16-29(31)35)32(37)34-42(25,38)39/h2,4,8-9,11-12,15-16,20,23,25,27-28,30,36H,3,5-7,10,13-14,17-19H2,1H3,(H,34,37)/b4-2+/t20?,23-,25+,27+,28?,30-/m0/s1. The highest BCUT2D eigenvalue weighted by atomic mass is 35.5. The molecule has 6 rings (SSSR count). The predicted molar refractivity (Wildman–Crippen MR) is 163 cm³/mol. The summed E-state index contributed by atoms with van der Waals surface area (Å²) < 4.78 is 40.3. The SMILES string of the molecule is COC[C@H]1C/C=C/[C@H](O)[C@@H]2CC[C@H]2CN2CC3c4ccc(Cl)cc4CCC3CCOc3ccc(cc32)C(=O)NS1(=O)=O. The first-order chi connectivity index (χ1) is 20.2. The summed E-state index contributed by atoms with van der Waals surface area (Å²) in [6.45, 7) is 1.91. The number of aliphatic hydroxyl groups excluding tert-OH is 1. The summed E-state index contributed by atoms with van der Waals surface area (Å²) in [4.78, 5) is 15.7. The lowest BCUT2D eigenvalue weighted by Gasteiger charge is -2.44. The molecule has 42 heavy (non-hydrogen) atoms. The molecule has 2 aliphatic carbocycles. The number of carbonyl (C=O) groups is 1. The Labute approximate surface area is 253 Å². The first-order valence-corrected chi connectivity index (χ1v) is 16.9. The molecular weight excluding hydrogens is 576 g/mol. The van der Waals surface area contributed by atoms with E-state index in [1.165, 1.54) is 18.2 Å². The van der Waals surface area contributed by atoms with Crippen molar-refractivity contribution in [2.24, 2.45) is 17.8 Å². The van der Waals surface area contributed by atoms with E-state index in [1.54, 1.807) is 30.4 Å². The zero-order valence-corrected chi connectivity index (χ0v) is 25.4. The molecule has 2 unspecified atom stereocenters. The number of halogens is 1. The van der Waals surface area contributed by atoms with E-state index in [-0.39, 0.29) is 36.3 Å². The van der Waals surface area contributed by atoms with Crippen LogP contribution < -0.4 is 14.4 Å². The minimum atomic E-state index is -4.05. The van der Waals surface area contributed by atoms with Gasteiger partial charge in [0.25, 0.3) is 5.91 Å². The van der Waals surface area contributed by atoms with Crippen LogP contribution in [-0.2, 0) is 21.2 Å². The van der Waals surface area contributed by atoms with E-state index in [0.717, 1.165) is 49.4 Å². The van der Waals surface area contributed by atoms with Gasteiger partial charge in [-0.1, -0.05) is 29.8 Å². The number of carbonyl (C=O) groups excluding carboxylic acids is 1. The highest BCUT2D eigenvalue weighted by Gasteiger charge is 2.39. The summed E-state index contributed by atoms with van der Waals surface area (Å²) in [5.41, 5.74) is 3.63. The summed E-state index contributed by atoms with van der Waals surface area (Å²) in [6.07, 6.45) is 7.70. The van der Waals surface area contributed by atoms with Gasteiger partial charge < -0.3 is 19.5 Å². The maximum Gasteiger partial charge on any atom is 0.264 e. The summed E-state index contributed by atoms with van der Waals surface area (Å²) in [5, 5.41) is 10.9. The van der Waals surface area contributed by atoms with Crippen molar-refractivity contribution in [1.29, 1.82) is 0 Å². The Balaban J connectivity index is 1.42. The molecule has 2 aliphatic heterocycles. The Morgan fingerprint density at radius 2 is 1.95 bits per heavy atom. The minimum absolute atomic E-state index is 0.0667. The maximum absolute atomic E-state index is 13.4. The molecule has 2 aromatic rings. The van der Waals surface area contributed by atoms with Crippen molar-refractivity contribution in [3.63, 3.8) is 0 Å². The van der Waals surface area contributed by atoms with Gasteiger partial charge in [0.15, 0.2) is 0 Å². The number of methoxy groups -OCH3 is 1. The first-order valence-electron chi connectivity index (χ1n) is 14.9. The largest absolute Gasteiger partial charge is 0.491 e. The van der Waals surface area contributed by atoms with Gasteiger partial charge in [-0.25, -0.2) is 13.1 Å². The zero-order valence-electron chi connectivity index (χ0n) is 23.9. The second-order valence-corrected chi connectivity index (χ2v) is 14.6. The fourth-order valence-electron chi connectivity index (χ4n) is 7.21. The molecule has 0 aromatic heterocycles. The molecule has 2 aromatic carbocycles. The summed E-state index contributed by atoms with van der Waals surface area (Å²) in [6, 6.07) is 11.4. The summed E-state index contributed by atoms with van der Waals surface area (Å²) >= 11 is 6.38. The average Bonchev–Trinajstić information content (AvgIpc) is 3.01. The van der Waals surface area contributed by atoms with Crippen molar-refractivity contribution in [3.8, 4) is 5.75 Å². The van der Waals surface area contributed by atoms with Crippen molar-refractivity contribution < 1.29 is 27.8 Å². The van der Waals surface area contributed by atoms with Crippen LogP contribution in [0.5, 0.6) is 5.75 Å². The van der Waals surface area contributed by atoms with Gasteiger partial charge >= 0.3 is 0 Å². The minimum Gasteiger partial charge on any atom is -0.491 e. The van der Waals surface area contributed by atoms with Gasteiger partial charge in [0.05, 0.1) is 25.0 Å². The Bertz CT molecular complexity index is 1460. The van der Waals surface area contributed by atoms with Gasteiger partial charge in [0, 0.05) is 36.7 Å². The molecule has 2 bridgehead atoms. The third kappa shape index (κ3) is 5.94. The normalized spacial score (nSPS) is 31.5. The second kappa shape index (κ2) is 12.2. The van der Waals surface area contributed by atoms with Crippen LogP contribution in [0.1, 0.15) is 59.5 Å². The van der Waals surface area contributed by atoms with Crippen LogP contribution >= 0.6 is 11.6 Å². The Hall–Kier alpha value is -2.59. The molecule has 1 saturated carbocycles. The molecule has 226 valence electrons. The Kier molecular flexibility index (Phi) is 8.56. The molecule has 2 N–H and O–H groups in total. The maximum atomic E-state index is 13.4. The number of nitrogens with one attached hydrogen (secondary N) is 1. The summed E-state index contributed by atoms with van der Waals surface area (Å²) in [5.74, 6) is 0.986. The number of rotatable bonds is 2. The second-order valence-electron chi connectivity index (χ2n) is 12.2. The van der Waals surface area contributed by atoms with Gasteiger partial charge in [0.2, 0.25) is 10.0 Å². The number of anilines is 1. The number of hydrogen-bond acceptors (Lipinski definition) is 7. The number of aliphatic hydroxyl groups is 1. The van der Waals surface area contributed by atoms with E-state index in [2.05, 4.69) is 21.8 Å². The Morgan fingerprint density at radius 3 is 2.74 bits per heavy atom. The molecular formula is C32H39ClN2O6S. The van der Waals surface area contributed by atoms with E-state index in [9.17, 15) is 18.3 Å². The lowest BCUT2D eigenvalue weighted by molar-refractivity contribution is 0.0459. The van der Waals surface area contributed by atoms with Crippen LogP contribution in [0, 0.1) is 17.8 Å². The monoisotopic (exact) mass is 614 g/mol. The van der Waals surface area contributed by atoms with E-state index >= 15 is 0 Å². The smallest absolute Gasteiger partial charge is 0.264 e. The van der Waals surface area contributed by atoms with Crippen molar-refractivity contribution in [2.75, 3.05) is 38.3 Å². The topological polar surface area (TPSA) is 105 Å². The van der Waals surface area contributed by atoms with Crippen LogP contribution in [0.25, 0.3) is 0 Å². The van der Waals surface area contributed by atoms with Gasteiger partial charge in [-0.15, -0.1) is 0 Å². The predicted octanol–water partition coefficient (Wildman–Crippen LogP) is 4.70. The van der Waals surface area contributed by atoms with Crippen LogP contribution in [0.2, 0.25) is 5.02 Å². The Morgan fingerprint density at radius 1 is 1.10 bits per heavy atom. The van der Waals surface area contributed by atoms with Crippen LogP contribution in [-0.4, -0.2) is 64.2 Å². The fraction of sp³-hybridized carbons (Fsp3) is 0.531. The molecule has 4 aliphatic rings. The highest BCUT2D eigenvalue weighted by Crippen LogP contribution is 2.45. The third-order valence-electron chi connectivity index (χ3n) is 9.71. The number of hydrogen-bond donors (Lipinski definition) is 2. The van der Waals surface area contributed by atoms with Gasteiger partial charge in [-0.2, -0.15) is 0 Å². The number of allylic oxidation sites excluding steroid dienone is 1. The molecule has 10 heteroatoms. The number of nitrogens with zero attached hydrogens (tertiary/aromatic N) is 1.